The summed E-state index contributed by atoms with van der Waals surface area (Å²) in [6.07, 6.45) is 1.78. The Bertz CT molecular complexity index is 511. The molecule has 2 rings (SSSR count). The first kappa shape index (κ1) is 13.5. The number of ether oxygens (including phenoxy) is 1. The van der Waals surface area contributed by atoms with Crippen LogP contribution in [0, 0.1) is 5.82 Å². The zero-order valence-electron chi connectivity index (χ0n) is 11.1. The number of nitrogens with one attached hydrogen (secondary N) is 1. The molecule has 0 fully saturated rings. The summed E-state index contributed by atoms with van der Waals surface area (Å²) in [6, 6.07) is 10.5. The fraction of sp³-hybridized carbons (Fsp3) is 0.267. The first-order valence-electron chi connectivity index (χ1n) is 6.17. The van der Waals surface area contributed by atoms with E-state index in [0.717, 1.165) is 11.1 Å². The molecular formula is C15H17FN2O. The van der Waals surface area contributed by atoms with Gasteiger partial charge in [-0.2, -0.15) is 0 Å². The molecule has 0 unspecified atom stereocenters. The van der Waals surface area contributed by atoms with Crippen LogP contribution in [0.1, 0.15) is 24.1 Å². The minimum Gasteiger partial charge on any atom is -0.481 e. The van der Waals surface area contributed by atoms with Crippen LogP contribution < -0.4 is 10.1 Å². The average molecular weight is 260 g/mol. The van der Waals surface area contributed by atoms with Gasteiger partial charge in [0.25, 0.3) is 0 Å². The number of pyridine rings is 1. The normalized spacial score (nSPS) is 12.2. The fourth-order valence-electron chi connectivity index (χ4n) is 1.78. The van der Waals surface area contributed by atoms with E-state index in [1.807, 2.05) is 19.1 Å². The van der Waals surface area contributed by atoms with Crippen LogP contribution in [0.15, 0.2) is 42.6 Å². The molecule has 0 aliphatic carbocycles. The number of halogens is 1. The van der Waals surface area contributed by atoms with Gasteiger partial charge in [-0.1, -0.05) is 18.2 Å². The monoisotopic (exact) mass is 260 g/mol. The molecule has 1 N–H and O–H groups in total. The van der Waals surface area contributed by atoms with E-state index < -0.39 is 0 Å². The van der Waals surface area contributed by atoms with Gasteiger partial charge in [0, 0.05) is 24.8 Å². The lowest BCUT2D eigenvalue weighted by atomic mass is 10.1. The van der Waals surface area contributed by atoms with Gasteiger partial charge in [0.15, 0.2) is 0 Å². The predicted molar refractivity (Wildman–Crippen MR) is 72.4 cm³/mol. The van der Waals surface area contributed by atoms with Gasteiger partial charge in [0.2, 0.25) is 5.88 Å². The highest BCUT2D eigenvalue weighted by molar-refractivity contribution is 5.21. The van der Waals surface area contributed by atoms with Crippen LogP contribution in [0.2, 0.25) is 0 Å². The molecule has 0 aliphatic heterocycles. The second-order valence-corrected chi connectivity index (χ2v) is 4.36. The number of hydrogen-bond acceptors (Lipinski definition) is 3. The summed E-state index contributed by atoms with van der Waals surface area (Å²) in [5.74, 6) is 0.394. The van der Waals surface area contributed by atoms with Crippen LogP contribution in [-0.4, -0.2) is 12.1 Å². The van der Waals surface area contributed by atoms with Gasteiger partial charge in [0.05, 0.1) is 7.11 Å². The molecule has 0 aliphatic rings. The number of hydrogen-bond donors (Lipinski definition) is 1. The molecule has 19 heavy (non-hydrogen) atoms. The molecule has 1 aromatic heterocycles. The van der Waals surface area contributed by atoms with E-state index in [2.05, 4.69) is 10.3 Å². The number of methoxy groups -OCH3 is 1. The number of rotatable bonds is 5. The van der Waals surface area contributed by atoms with Crippen molar-refractivity contribution in [2.24, 2.45) is 0 Å². The van der Waals surface area contributed by atoms with E-state index in [1.165, 1.54) is 12.1 Å². The van der Waals surface area contributed by atoms with Crippen LogP contribution in [0.5, 0.6) is 5.88 Å². The van der Waals surface area contributed by atoms with Crippen molar-refractivity contribution < 1.29 is 9.13 Å². The van der Waals surface area contributed by atoms with Crippen molar-refractivity contribution in [2.75, 3.05) is 7.11 Å². The quantitative estimate of drug-likeness (QED) is 0.897. The molecule has 0 radical (unpaired) electrons. The summed E-state index contributed by atoms with van der Waals surface area (Å²) < 4.78 is 17.8. The average Bonchev–Trinajstić information content (AvgIpc) is 2.46. The molecule has 1 aromatic carbocycles. The Hall–Kier alpha value is -1.94. The Morgan fingerprint density at radius 3 is 2.53 bits per heavy atom. The topological polar surface area (TPSA) is 34.1 Å². The van der Waals surface area contributed by atoms with E-state index in [9.17, 15) is 4.39 Å². The minimum atomic E-state index is -0.213. The Balaban J connectivity index is 1.92. The molecule has 4 heteroatoms. The van der Waals surface area contributed by atoms with E-state index >= 15 is 0 Å². The van der Waals surface area contributed by atoms with Crippen molar-refractivity contribution >= 4 is 0 Å². The van der Waals surface area contributed by atoms with E-state index in [0.29, 0.717) is 12.4 Å². The molecule has 3 nitrogen and oxygen atoms in total. The molecule has 0 saturated carbocycles. The largest absolute Gasteiger partial charge is 0.481 e. The second kappa shape index (κ2) is 6.29. The van der Waals surface area contributed by atoms with Gasteiger partial charge in [-0.05, 0) is 30.2 Å². The molecule has 1 atom stereocenters. The first-order chi connectivity index (χ1) is 9.19. The minimum absolute atomic E-state index is 0.155. The van der Waals surface area contributed by atoms with E-state index in [-0.39, 0.29) is 11.9 Å². The van der Waals surface area contributed by atoms with Gasteiger partial charge < -0.3 is 10.1 Å². The van der Waals surface area contributed by atoms with Gasteiger partial charge in [-0.15, -0.1) is 0 Å². The van der Waals surface area contributed by atoms with Crippen LogP contribution in [0.3, 0.4) is 0 Å². The van der Waals surface area contributed by atoms with Crippen molar-refractivity contribution in [2.45, 2.75) is 19.5 Å². The van der Waals surface area contributed by atoms with Crippen LogP contribution in [-0.2, 0) is 6.54 Å². The van der Waals surface area contributed by atoms with Crippen LogP contribution in [0.25, 0.3) is 0 Å². The van der Waals surface area contributed by atoms with Gasteiger partial charge >= 0.3 is 0 Å². The van der Waals surface area contributed by atoms with Crippen molar-refractivity contribution in [3.05, 3.63) is 59.5 Å². The summed E-state index contributed by atoms with van der Waals surface area (Å²) in [4.78, 5) is 4.15. The molecule has 100 valence electrons. The van der Waals surface area contributed by atoms with Gasteiger partial charge in [-0.25, -0.2) is 9.37 Å². The molecule has 2 aromatic rings. The Morgan fingerprint density at radius 1 is 1.21 bits per heavy atom. The van der Waals surface area contributed by atoms with Crippen molar-refractivity contribution in [3.8, 4) is 5.88 Å². The maximum absolute atomic E-state index is 12.8. The van der Waals surface area contributed by atoms with Crippen molar-refractivity contribution in [3.63, 3.8) is 0 Å². The predicted octanol–water partition coefficient (Wildman–Crippen LogP) is 3.08. The Labute approximate surface area is 112 Å². The summed E-state index contributed by atoms with van der Waals surface area (Å²) >= 11 is 0. The molecule has 0 spiro atoms. The third-order valence-corrected chi connectivity index (χ3v) is 2.99. The molecule has 0 saturated heterocycles. The van der Waals surface area contributed by atoms with Crippen molar-refractivity contribution in [1.82, 2.24) is 10.3 Å². The highest BCUT2D eigenvalue weighted by Gasteiger charge is 2.05. The third-order valence-electron chi connectivity index (χ3n) is 2.99. The van der Waals surface area contributed by atoms with Gasteiger partial charge in [-0.3, -0.25) is 0 Å². The van der Waals surface area contributed by atoms with Crippen LogP contribution >= 0.6 is 0 Å². The number of aromatic nitrogens is 1. The first-order valence-corrected chi connectivity index (χ1v) is 6.17. The molecule has 0 amide bonds. The number of nitrogens with zero attached hydrogens (tertiary/aromatic N) is 1. The lowest BCUT2D eigenvalue weighted by Crippen LogP contribution is -2.18. The highest BCUT2D eigenvalue weighted by atomic mass is 19.1. The fourth-order valence-corrected chi connectivity index (χ4v) is 1.78. The Kier molecular flexibility index (Phi) is 4.47. The van der Waals surface area contributed by atoms with E-state index in [1.54, 1.807) is 25.4 Å². The van der Waals surface area contributed by atoms with E-state index in [4.69, 9.17) is 4.74 Å². The SMILES string of the molecule is COc1ccc(CN[C@H](C)c2ccc(F)cc2)cn1. The van der Waals surface area contributed by atoms with Crippen molar-refractivity contribution in [1.29, 1.82) is 0 Å². The second-order valence-electron chi connectivity index (χ2n) is 4.36. The molecule has 0 bridgehead atoms. The standard InChI is InChI=1S/C15H17FN2O/c1-11(13-4-6-14(16)7-5-13)17-9-12-3-8-15(19-2)18-10-12/h3-8,10-11,17H,9H2,1-2H3/t11-/m1/s1. The third kappa shape index (κ3) is 3.76. The van der Waals surface area contributed by atoms with Gasteiger partial charge in [0.1, 0.15) is 5.82 Å². The zero-order valence-corrected chi connectivity index (χ0v) is 11.1. The Morgan fingerprint density at radius 2 is 1.95 bits per heavy atom. The zero-order chi connectivity index (χ0) is 13.7. The lowest BCUT2D eigenvalue weighted by Gasteiger charge is -2.14. The summed E-state index contributed by atoms with van der Waals surface area (Å²) in [5.41, 5.74) is 2.14. The van der Waals surface area contributed by atoms with Crippen LogP contribution in [0.4, 0.5) is 4.39 Å². The lowest BCUT2D eigenvalue weighted by molar-refractivity contribution is 0.397. The summed E-state index contributed by atoms with van der Waals surface area (Å²) in [7, 11) is 1.59. The maximum Gasteiger partial charge on any atom is 0.212 e. The molecule has 1 heterocycles. The number of benzene rings is 1. The summed E-state index contributed by atoms with van der Waals surface area (Å²) in [6.45, 7) is 2.75. The maximum atomic E-state index is 12.8. The smallest absolute Gasteiger partial charge is 0.212 e. The molecular weight excluding hydrogens is 243 g/mol. The summed E-state index contributed by atoms with van der Waals surface area (Å²) in [5, 5.41) is 3.37. The highest BCUT2D eigenvalue weighted by Crippen LogP contribution is 2.14.